The lowest BCUT2D eigenvalue weighted by atomic mass is 10.1. The van der Waals surface area contributed by atoms with Crippen molar-refractivity contribution in [2.24, 2.45) is 0 Å². The molecule has 0 N–H and O–H groups in total. The van der Waals surface area contributed by atoms with Crippen LogP contribution < -0.4 is 10.1 Å². The van der Waals surface area contributed by atoms with Crippen molar-refractivity contribution < 1.29 is 18.0 Å². The summed E-state index contributed by atoms with van der Waals surface area (Å²) in [6.45, 7) is 3.33. The molecule has 2 rings (SSSR count). The Hall–Kier alpha value is -0.910. The Morgan fingerprint density at radius 1 is 1.27 bits per heavy atom. The number of benzene rings is 1. The third kappa shape index (κ3) is 3.70. The molecule has 0 radical (unpaired) electrons. The molecule has 0 aliphatic carbocycles. The lowest BCUT2D eigenvalue weighted by Gasteiger charge is -2.21. The molecule has 1 aromatic heterocycles. The van der Waals surface area contributed by atoms with Gasteiger partial charge in [0, 0.05) is 17.2 Å². The van der Waals surface area contributed by atoms with E-state index in [4.69, 9.17) is 41.4 Å². The second-order valence-corrected chi connectivity index (χ2v) is 7.67. The summed E-state index contributed by atoms with van der Waals surface area (Å²) >= 11 is 11.3. The first-order valence-corrected chi connectivity index (χ1v) is 9.65. The van der Waals surface area contributed by atoms with Crippen LogP contribution in [0.2, 0.25) is 5.02 Å². The summed E-state index contributed by atoms with van der Waals surface area (Å²) in [6, 6.07) is 4.99. The van der Waals surface area contributed by atoms with Crippen molar-refractivity contribution in [3.05, 3.63) is 39.2 Å². The fraction of sp³-hybridized carbons (Fsp3) is 0.357. The first-order valence-electron chi connectivity index (χ1n) is 6.72. The Balaban J connectivity index is 2.45. The molecule has 0 spiro atoms. The van der Waals surface area contributed by atoms with E-state index in [1.54, 1.807) is 25.1 Å². The van der Waals surface area contributed by atoms with Crippen molar-refractivity contribution in [3.8, 4) is 5.75 Å². The van der Waals surface area contributed by atoms with Crippen LogP contribution in [0, 0.1) is 6.92 Å². The standard InChI is InChI=1S/C14H16ClO5PS/c1-4-17-21(22,18-5-2)20-10-6-7-12-11(8-10)9(3)13(15)14(16)19-12/h6-8H,4-5H2,1-3H3. The molecule has 1 heterocycles. The molecular weight excluding hydrogens is 347 g/mol. The van der Waals surface area contributed by atoms with E-state index in [-0.39, 0.29) is 5.02 Å². The highest BCUT2D eigenvalue weighted by atomic mass is 35.5. The molecule has 22 heavy (non-hydrogen) atoms. The lowest BCUT2D eigenvalue weighted by molar-refractivity contribution is 0.218. The third-order valence-corrected chi connectivity index (χ3v) is 5.73. The van der Waals surface area contributed by atoms with E-state index in [0.29, 0.717) is 35.5 Å². The monoisotopic (exact) mass is 362 g/mol. The molecule has 120 valence electrons. The molecule has 2 aromatic rings. The fourth-order valence-electron chi connectivity index (χ4n) is 1.90. The highest BCUT2D eigenvalue weighted by Gasteiger charge is 2.21. The minimum Gasteiger partial charge on any atom is -0.424 e. The van der Waals surface area contributed by atoms with Crippen LogP contribution in [0.15, 0.2) is 27.4 Å². The van der Waals surface area contributed by atoms with E-state index in [1.165, 1.54) is 0 Å². The van der Waals surface area contributed by atoms with Gasteiger partial charge in [-0.25, -0.2) is 4.79 Å². The number of fused-ring (bicyclic) bond motifs is 1. The Bertz CT molecular complexity index is 779. The highest BCUT2D eigenvalue weighted by molar-refractivity contribution is 8.07. The largest absolute Gasteiger partial charge is 0.424 e. The maximum absolute atomic E-state index is 11.6. The molecule has 0 atom stereocenters. The molecule has 0 fully saturated rings. The number of hydrogen-bond donors (Lipinski definition) is 0. The number of hydrogen-bond acceptors (Lipinski definition) is 6. The van der Waals surface area contributed by atoms with Gasteiger partial charge >= 0.3 is 12.3 Å². The van der Waals surface area contributed by atoms with Crippen LogP contribution in [0.3, 0.4) is 0 Å². The molecule has 0 bridgehead atoms. The van der Waals surface area contributed by atoms with Gasteiger partial charge in [-0.2, -0.15) is 0 Å². The molecule has 0 aliphatic heterocycles. The van der Waals surface area contributed by atoms with Crippen LogP contribution in [-0.4, -0.2) is 13.2 Å². The van der Waals surface area contributed by atoms with E-state index in [1.807, 2.05) is 13.8 Å². The Morgan fingerprint density at radius 3 is 2.50 bits per heavy atom. The van der Waals surface area contributed by atoms with E-state index < -0.39 is 12.3 Å². The maximum Gasteiger partial charge on any atom is 0.380 e. The summed E-state index contributed by atoms with van der Waals surface area (Å²) in [4.78, 5) is 11.6. The highest BCUT2D eigenvalue weighted by Crippen LogP contribution is 2.50. The molecule has 5 nitrogen and oxygen atoms in total. The van der Waals surface area contributed by atoms with Crippen molar-refractivity contribution in [2.45, 2.75) is 20.8 Å². The van der Waals surface area contributed by atoms with E-state index in [9.17, 15) is 4.79 Å². The quantitative estimate of drug-likeness (QED) is 0.559. The average molecular weight is 363 g/mol. The third-order valence-electron chi connectivity index (χ3n) is 2.86. The van der Waals surface area contributed by atoms with Gasteiger partial charge in [-0.3, -0.25) is 9.05 Å². The lowest BCUT2D eigenvalue weighted by Crippen LogP contribution is -2.03. The zero-order valence-corrected chi connectivity index (χ0v) is 14.9. The molecule has 0 saturated heterocycles. The summed E-state index contributed by atoms with van der Waals surface area (Å²) in [5.41, 5.74) is 0.494. The molecule has 0 aliphatic rings. The summed E-state index contributed by atoms with van der Waals surface area (Å²) in [6.07, 6.45) is 0. The number of aryl methyl sites for hydroxylation is 1. The topological polar surface area (TPSA) is 57.9 Å². The van der Waals surface area contributed by atoms with E-state index >= 15 is 0 Å². The van der Waals surface area contributed by atoms with Gasteiger partial charge in [0.2, 0.25) is 0 Å². The van der Waals surface area contributed by atoms with Crippen LogP contribution in [0.5, 0.6) is 5.75 Å². The van der Waals surface area contributed by atoms with E-state index in [0.717, 1.165) is 0 Å². The predicted molar refractivity (Wildman–Crippen MR) is 90.4 cm³/mol. The smallest absolute Gasteiger partial charge is 0.380 e. The summed E-state index contributed by atoms with van der Waals surface area (Å²) in [5.74, 6) is 0.478. The SMILES string of the molecule is CCOP(=S)(OCC)Oc1ccc2oc(=O)c(Cl)c(C)c2c1. The van der Waals surface area contributed by atoms with Crippen molar-refractivity contribution in [3.63, 3.8) is 0 Å². The van der Waals surface area contributed by atoms with Crippen LogP contribution in [-0.2, 0) is 20.9 Å². The van der Waals surface area contributed by atoms with Gasteiger partial charge in [0.25, 0.3) is 0 Å². The normalized spacial score (nSPS) is 11.8. The van der Waals surface area contributed by atoms with Gasteiger partial charge < -0.3 is 8.94 Å². The van der Waals surface area contributed by atoms with Crippen molar-refractivity contribution >= 4 is 41.1 Å². The van der Waals surface area contributed by atoms with Gasteiger partial charge in [0.15, 0.2) is 0 Å². The van der Waals surface area contributed by atoms with Crippen molar-refractivity contribution in [2.75, 3.05) is 13.2 Å². The van der Waals surface area contributed by atoms with Crippen LogP contribution >= 0.6 is 18.3 Å². The molecule has 0 amide bonds. The van der Waals surface area contributed by atoms with Gasteiger partial charge in [0.1, 0.15) is 16.4 Å². The first-order chi connectivity index (χ1) is 10.4. The molecular formula is C14H16ClO5PS. The van der Waals surface area contributed by atoms with Gasteiger partial charge in [-0.05, 0) is 44.5 Å². The van der Waals surface area contributed by atoms with Crippen molar-refractivity contribution in [1.82, 2.24) is 0 Å². The van der Waals surface area contributed by atoms with Crippen LogP contribution in [0.4, 0.5) is 0 Å². The summed E-state index contributed by atoms with van der Waals surface area (Å²) in [7, 11) is 0. The second-order valence-electron chi connectivity index (χ2n) is 4.36. The zero-order valence-electron chi connectivity index (χ0n) is 12.4. The minimum atomic E-state index is -2.85. The summed E-state index contributed by atoms with van der Waals surface area (Å²) in [5, 5.41) is 0.732. The molecule has 1 aromatic carbocycles. The second kappa shape index (κ2) is 7.11. The van der Waals surface area contributed by atoms with E-state index in [2.05, 4.69) is 0 Å². The Morgan fingerprint density at radius 2 is 1.91 bits per heavy atom. The molecule has 0 saturated carbocycles. The predicted octanol–water partition coefficient (Wildman–Crippen LogP) is 4.43. The van der Waals surface area contributed by atoms with Gasteiger partial charge in [-0.15, -0.1) is 0 Å². The zero-order chi connectivity index (χ0) is 16.3. The van der Waals surface area contributed by atoms with Crippen LogP contribution in [0.25, 0.3) is 11.0 Å². The number of halogens is 1. The summed E-state index contributed by atoms with van der Waals surface area (Å²) < 4.78 is 21.7. The fourth-order valence-corrected chi connectivity index (χ4v) is 4.11. The maximum atomic E-state index is 11.6. The van der Waals surface area contributed by atoms with Crippen molar-refractivity contribution in [1.29, 1.82) is 0 Å². The van der Waals surface area contributed by atoms with Crippen LogP contribution in [0.1, 0.15) is 19.4 Å². The van der Waals surface area contributed by atoms with Gasteiger partial charge in [0.05, 0.1) is 13.2 Å². The Labute approximate surface area is 138 Å². The minimum absolute atomic E-state index is 0.0544. The Kier molecular flexibility index (Phi) is 5.64. The first kappa shape index (κ1) is 17.4. The van der Waals surface area contributed by atoms with Gasteiger partial charge in [-0.1, -0.05) is 11.6 Å². The number of rotatable bonds is 6. The average Bonchev–Trinajstić information content (AvgIpc) is 2.46. The molecule has 8 heteroatoms. The molecule has 0 unspecified atom stereocenters.